The van der Waals surface area contributed by atoms with E-state index in [1.54, 1.807) is 4.90 Å². The number of amides is 1. The first-order valence-corrected chi connectivity index (χ1v) is 9.01. The van der Waals surface area contributed by atoms with Gasteiger partial charge < -0.3 is 20.1 Å². The van der Waals surface area contributed by atoms with E-state index in [1.165, 1.54) is 12.5 Å². The third-order valence-corrected chi connectivity index (χ3v) is 4.52. The maximum absolute atomic E-state index is 12.8. The Morgan fingerprint density at radius 2 is 1.79 bits per heavy atom. The first-order valence-electron chi connectivity index (χ1n) is 9.01. The van der Waals surface area contributed by atoms with E-state index in [9.17, 15) is 23.1 Å². The first-order chi connectivity index (χ1) is 13.7. The number of nitrogens with one attached hydrogen (secondary N) is 1. The Kier molecular flexibility index (Phi) is 7.77. The summed E-state index contributed by atoms with van der Waals surface area (Å²) in [6, 6.07) is 9.76. The number of carbonyl (C=O) groups excluding carboxylic acids is 1. The number of alkyl halides is 3. The summed E-state index contributed by atoms with van der Waals surface area (Å²) < 4.78 is 31.7. The molecule has 0 radical (unpaired) electrons. The summed E-state index contributed by atoms with van der Waals surface area (Å²) >= 11 is 0. The number of hydrogen-bond donors (Lipinski definition) is 3. The highest BCUT2D eigenvalue weighted by Gasteiger charge is 2.38. The molecule has 3 rings (SSSR count). The Labute approximate surface area is 165 Å². The number of H-pyrrole nitrogens is 1. The van der Waals surface area contributed by atoms with E-state index >= 15 is 0 Å². The number of benzene rings is 1. The van der Waals surface area contributed by atoms with Crippen LogP contribution in [0.4, 0.5) is 13.2 Å². The second-order valence-corrected chi connectivity index (χ2v) is 6.61. The lowest BCUT2D eigenvalue weighted by Gasteiger charge is -2.37. The second kappa shape index (κ2) is 10.1. The van der Waals surface area contributed by atoms with Crippen LogP contribution >= 0.6 is 0 Å². The number of nitrogens with zero attached hydrogens (tertiary/aromatic N) is 2. The second-order valence-electron chi connectivity index (χ2n) is 6.61. The molecule has 29 heavy (non-hydrogen) atoms. The van der Waals surface area contributed by atoms with Gasteiger partial charge in [-0.25, -0.2) is 9.78 Å². The van der Waals surface area contributed by atoms with E-state index in [4.69, 9.17) is 9.90 Å². The number of rotatable bonds is 4. The molecule has 1 amide bonds. The predicted molar refractivity (Wildman–Crippen MR) is 96.9 cm³/mol. The summed E-state index contributed by atoms with van der Waals surface area (Å²) in [6.07, 6.45) is 1.17. The number of aliphatic hydroxyl groups excluding tert-OH is 1. The highest BCUT2D eigenvalue weighted by atomic mass is 19.4. The Hall–Kier alpha value is -2.88. The quantitative estimate of drug-likeness (QED) is 0.715. The summed E-state index contributed by atoms with van der Waals surface area (Å²) in [5, 5.41) is 17.5. The van der Waals surface area contributed by atoms with Crippen molar-refractivity contribution >= 4 is 11.9 Å². The van der Waals surface area contributed by atoms with E-state index in [0.29, 0.717) is 12.2 Å². The standard InChI is InChI=1S/C17H21N3O2.C2HF3O2/c21-16-9-5-4-8-15(16)20(11-13-6-2-1-3-7-13)17(22)14-10-18-12-19-14;3-2(4,5)1(6)7/h1-3,6-7,10,12,15-16,21H,4-5,8-9,11H2,(H,18,19);(H,6,7)/t15-,16-;/m1./s1. The van der Waals surface area contributed by atoms with Gasteiger partial charge >= 0.3 is 12.1 Å². The summed E-state index contributed by atoms with van der Waals surface area (Å²) in [5.74, 6) is -2.86. The monoisotopic (exact) mass is 413 g/mol. The van der Waals surface area contributed by atoms with Gasteiger partial charge in [-0.3, -0.25) is 4.79 Å². The van der Waals surface area contributed by atoms with Crippen molar-refractivity contribution in [2.75, 3.05) is 0 Å². The van der Waals surface area contributed by atoms with Gasteiger partial charge in [0.1, 0.15) is 5.69 Å². The van der Waals surface area contributed by atoms with Gasteiger partial charge in [0, 0.05) is 6.54 Å². The van der Waals surface area contributed by atoms with Crippen LogP contribution in [0.3, 0.4) is 0 Å². The van der Waals surface area contributed by atoms with Crippen molar-refractivity contribution in [1.82, 2.24) is 14.9 Å². The maximum atomic E-state index is 12.8. The fraction of sp³-hybridized carbons (Fsp3) is 0.421. The zero-order valence-electron chi connectivity index (χ0n) is 15.5. The Balaban J connectivity index is 0.000000370. The third kappa shape index (κ3) is 6.60. The molecule has 1 aliphatic carbocycles. The first kappa shape index (κ1) is 22.4. The lowest BCUT2D eigenvalue weighted by atomic mass is 9.91. The van der Waals surface area contributed by atoms with Crippen LogP contribution in [0, 0.1) is 0 Å². The molecule has 0 saturated heterocycles. The minimum Gasteiger partial charge on any atom is -0.475 e. The number of halogens is 3. The van der Waals surface area contributed by atoms with Crippen molar-refractivity contribution in [3.8, 4) is 0 Å². The van der Waals surface area contributed by atoms with Gasteiger partial charge in [0.15, 0.2) is 0 Å². The third-order valence-electron chi connectivity index (χ3n) is 4.52. The zero-order chi connectivity index (χ0) is 21.4. The van der Waals surface area contributed by atoms with Crippen LogP contribution in [0.15, 0.2) is 42.9 Å². The molecule has 1 aromatic carbocycles. The number of aliphatic hydroxyl groups is 1. The number of carboxylic acids is 1. The summed E-state index contributed by atoms with van der Waals surface area (Å²) in [6.45, 7) is 0.500. The minimum absolute atomic E-state index is 0.104. The number of aliphatic carboxylic acids is 1. The van der Waals surface area contributed by atoms with Gasteiger partial charge in [-0.1, -0.05) is 43.2 Å². The number of aromatic nitrogens is 2. The average Bonchev–Trinajstić information content (AvgIpc) is 3.22. The lowest BCUT2D eigenvalue weighted by Crippen LogP contribution is -2.48. The zero-order valence-corrected chi connectivity index (χ0v) is 15.5. The van der Waals surface area contributed by atoms with Crippen molar-refractivity contribution in [3.05, 3.63) is 54.1 Å². The molecule has 158 valence electrons. The summed E-state index contributed by atoms with van der Waals surface area (Å²) in [5.41, 5.74) is 1.53. The average molecular weight is 413 g/mol. The van der Waals surface area contributed by atoms with Crippen molar-refractivity contribution < 1.29 is 33.0 Å². The molecule has 7 nitrogen and oxygen atoms in total. The fourth-order valence-electron chi connectivity index (χ4n) is 3.10. The molecule has 1 fully saturated rings. The van der Waals surface area contributed by atoms with Crippen molar-refractivity contribution in [2.24, 2.45) is 0 Å². The van der Waals surface area contributed by atoms with Crippen LogP contribution in [-0.2, 0) is 11.3 Å². The molecule has 1 aliphatic rings. The molecule has 0 aliphatic heterocycles. The van der Waals surface area contributed by atoms with Crippen molar-refractivity contribution in [2.45, 2.75) is 50.6 Å². The smallest absolute Gasteiger partial charge is 0.475 e. The molecular weight excluding hydrogens is 391 g/mol. The molecule has 2 atom stereocenters. The van der Waals surface area contributed by atoms with Gasteiger partial charge in [0.25, 0.3) is 5.91 Å². The molecule has 10 heteroatoms. The van der Waals surface area contributed by atoms with E-state index in [1.807, 2.05) is 30.3 Å². The molecule has 2 aromatic rings. The number of imidazole rings is 1. The summed E-state index contributed by atoms with van der Waals surface area (Å²) in [4.78, 5) is 30.3. The van der Waals surface area contributed by atoms with E-state index in [2.05, 4.69) is 9.97 Å². The number of aromatic amines is 1. The van der Waals surface area contributed by atoms with Gasteiger partial charge in [0.05, 0.1) is 24.7 Å². The number of carbonyl (C=O) groups is 2. The fourth-order valence-corrected chi connectivity index (χ4v) is 3.10. The SMILES string of the molecule is O=C(O)C(F)(F)F.O=C(c1cnc[nH]1)N(Cc1ccccc1)[C@@H]1CCCC[C@H]1O. The van der Waals surface area contributed by atoms with Crippen LogP contribution in [0.25, 0.3) is 0 Å². The molecule has 1 aromatic heterocycles. The topological polar surface area (TPSA) is 107 Å². The molecule has 1 saturated carbocycles. The number of carboxylic acid groups (broad SMARTS) is 1. The molecule has 0 bridgehead atoms. The van der Waals surface area contributed by atoms with E-state index in [-0.39, 0.29) is 11.9 Å². The molecule has 0 unspecified atom stereocenters. The Bertz CT molecular complexity index is 782. The Morgan fingerprint density at radius 1 is 1.17 bits per heavy atom. The highest BCUT2D eigenvalue weighted by Crippen LogP contribution is 2.26. The van der Waals surface area contributed by atoms with Crippen molar-refractivity contribution in [1.29, 1.82) is 0 Å². The molecule has 3 N–H and O–H groups in total. The van der Waals surface area contributed by atoms with Gasteiger partial charge in [-0.15, -0.1) is 0 Å². The Morgan fingerprint density at radius 3 is 2.31 bits per heavy atom. The normalized spacial score (nSPS) is 19.0. The maximum Gasteiger partial charge on any atom is 0.490 e. The van der Waals surface area contributed by atoms with Crippen LogP contribution < -0.4 is 0 Å². The van der Waals surface area contributed by atoms with Crippen LogP contribution in [0.1, 0.15) is 41.7 Å². The van der Waals surface area contributed by atoms with Crippen LogP contribution in [0.2, 0.25) is 0 Å². The molecule has 1 heterocycles. The van der Waals surface area contributed by atoms with Crippen molar-refractivity contribution in [3.63, 3.8) is 0 Å². The molecular formula is C19H22F3N3O4. The highest BCUT2D eigenvalue weighted by molar-refractivity contribution is 5.92. The van der Waals surface area contributed by atoms with E-state index in [0.717, 1.165) is 31.2 Å². The molecule has 0 spiro atoms. The van der Waals surface area contributed by atoms with Gasteiger partial charge in [-0.05, 0) is 18.4 Å². The van der Waals surface area contributed by atoms with E-state index < -0.39 is 18.2 Å². The lowest BCUT2D eigenvalue weighted by molar-refractivity contribution is -0.192. The minimum atomic E-state index is -5.08. The van der Waals surface area contributed by atoms with Gasteiger partial charge in [-0.2, -0.15) is 13.2 Å². The summed E-state index contributed by atoms with van der Waals surface area (Å²) in [7, 11) is 0. The number of hydrogen-bond acceptors (Lipinski definition) is 4. The van der Waals surface area contributed by atoms with Crippen LogP contribution in [0.5, 0.6) is 0 Å². The largest absolute Gasteiger partial charge is 0.490 e. The van der Waals surface area contributed by atoms with Crippen LogP contribution in [-0.4, -0.2) is 55.3 Å². The van der Waals surface area contributed by atoms with Gasteiger partial charge in [0.2, 0.25) is 0 Å². The predicted octanol–water partition coefficient (Wildman–Crippen LogP) is 2.99.